The number of aromatic nitrogens is 3. The minimum absolute atomic E-state index is 0.0362. The molecule has 8 heteroatoms. The first kappa shape index (κ1) is 19.3. The highest BCUT2D eigenvalue weighted by Gasteiger charge is 2.27. The molecule has 1 amide bonds. The molecule has 0 spiro atoms. The summed E-state index contributed by atoms with van der Waals surface area (Å²) in [6.45, 7) is 4.70. The van der Waals surface area contributed by atoms with Crippen molar-refractivity contribution in [3.63, 3.8) is 0 Å². The van der Waals surface area contributed by atoms with Crippen molar-refractivity contribution in [1.82, 2.24) is 19.5 Å². The van der Waals surface area contributed by atoms with Gasteiger partial charge in [0, 0.05) is 42.7 Å². The number of hydrogen-bond acceptors (Lipinski definition) is 5. The number of halogens is 1. The first-order valence-electron chi connectivity index (χ1n) is 10.4. The maximum Gasteiger partial charge on any atom is 0.253 e. The minimum atomic E-state index is 0.0362. The topological polar surface area (TPSA) is 63.0 Å². The lowest BCUT2D eigenvalue weighted by Gasteiger charge is -2.30. The maximum absolute atomic E-state index is 12.7. The van der Waals surface area contributed by atoms with E-state index in [9.17, 15) is 4.79 Å². The smallest absolute Gasteiger partial charge is 0.253 e. The standard InChI is InChI=1S/C22H24ClN5O2/c23-18-3-1-2-17(14-18)22(29)27-8-6-16(7-9-27)21-24-20-5-4-19(15-28(20)25-21)26-10-12-30-13-11-26/h1-5,14-16H,6-13H2. The third-order valence-electron chi connectivity index (χ3n) is 5.93. The first-order chi connectivity index (χ1) is 14.7. The van der Waals surface area contributed by atoms with Crippen LogP contribution in [0.5, 0.6) is 0 Å². The van der Waals surface area contributed by atoms with Crippen molar-refractivity contribution in [3.05, 3.63) is 59.0 Å². The minimum Gasteiger partial charge on any atom is -0.378 e. The van der Waals surface area contributed by atoms with Crippen LogP contribution in [0.3, 0.4) is 0 Å². The predicted molar refractivity (Wildman–Crippen MR) is 115 cm³/mol. The summed E-state index contributed by atoms with van der Waals surface area (Å²) in [7, 11) is 0. The molecule has 0 atom stereocenters. The van der Waals surface area contributed by atoms with Crippen LogP contribution in [0.2, 0.25) is 5.02 Å². The van der Waals surface area contributed by atoms with Crippen molar-refractivity contribution in [2.24, 2.45) is 0 Å². The second kappa shape index (κ2) is 8.24. The number of morpholine rings is 1. The number of rotatable bonds is 3. The van der Waals surface area contributed by atoms with Gasteiger partial charge >= 0.3 is 0 Å². The summed E-state index contributed by atoms with van der Waals surface area (Å²) < 4.78 is 7.32. The van der Waals surface area contributed by atoms with Gasteiger partial charge in [-0.15, -0.1) is 0 Å². The molecule has 0 unspecified atom stereocenters. The molecule has 4 heterocycles. The molecule has 156 valence electrons. The molecule has 0 bridgehead atoms. The van der Waals surface area contributed by atoms with E-state index in [1.165, 1.54) is 0 Å². The number of ether oxygens (including phenoxy) is 1. The van der Waals surface area contributed by atoms with Crippen LogP contribution in [0, 0.1) is 0 Å². The second-order valence-corrected chi connectivity index (χ2v) is 8.27. The Morgan fingerprint density at radius 2 is 1.87 bits per heavy atom. The van der Waals surface area contributed by atoms with Crippen molar-refractivity contribution in [2.75, 3.05) is 44.3 Å². The van der Waals surface area contributed by atoms with E-state index in [4.69, 9.17) is 26.4 Å². The van der Waals surface area contributed by atoms with E-state index in [2.05, 4.69) is 17.2 Å². The van der Waals surface area contributed by atoms with Crippen LogP contribution in [0.4, 0.5) is 5.69 Å². The average Bonchev–Trinajstić information content (AvgIpc) is 3.23. The van der Waals surface area contributed by atoms with Gasteiger partial charge in [0.25, 0.3) is 5.91 Å². The Morgan fingerprint density at radius 3 is 2.63 bits per heavy atom. The molecule has 3 aromatic rings. The number of pyridine rings is 1. The number of likely N-dealkylation sites (tertiary alicyclic amines) is 1. The fraction of sp³-hybridized carbons (Fsp3) is 0.409. The summed E-state index contributed by atoms with van der Waals surface area (Å²) in [4.78, 5) is 21.7. The van der Waals surface area contributed by atoms with Gasteiger partial charge in [-0.05, 0) is 43.2 Å². The number of fused-ring (bicyclic) bond motifs is 1. The van der Waals surface area contributed by atoms with Crippen LogP contribution in [-0.2, 0) is 4.74 Å². The zero-order valence-electron chi connectivity index (χ0n) is 16.7. The Hall–Kier alpha value is -2.64. The Balaban J connectivity index is 1.27. The van der Waals surface area contributed by atoms with Crippen LogP contribution in [-0.4, -0.2) is 64.8 Å². The van der Waals surface area contributed by atoms with E-state index in [0.717, 1.165) is 56.3 Å². The van der Waals surface area contributed by atoms with E-state index in [-0.39, 0.29) is 11.8 Å². The highest BCUT2D eigenvalue weighted by Crippen LogP contribution is 2.28. The highest BCUT2D eigenvalue weighted by molar-refractivity contribution is 6.30. The monoisotopic (exact) mass is 425 g/mol. The van der Waals surface area contributed by atoms with Crippen molar-refractivity contribution < 1.29 is 9.53 Å². The van der Waals surface area contributed by atoms with E-state index in [0.29, 0.717) is 23.7 Å². The molecule has 2 aliphatic rings. The number of nitrogens with zero attached hydrogens (tertiary/aromatic N) is 5. The molecule has 2 saturated heterocycles. The lowest BCUT2D eigenvalue weighted by Crippen LogP contribution is -2.38. The van der Waals surface area contributed by atoms with Gasteiger partial charge in [0.05, 0.1) is 25.1 Å². The number of anilines is 1. The molecule has 1 aromatic carbocycles. The fourth-order valence-corrected chi connectivity index (χ4v) is 4.41. The number of piperidine rings is 1. The molecule has 0 aliphatic carbocycles. The van der Waals surface area contributed by atoms with Crippen LogP contribution < -0.4 is 4.90 Å². The number of benzene rings is 1. The summed E-state index contributed by atoms with van der Waals surface area (Å²) in [5.41, 5.74) is 2.64. The molecular weight excluding hydrogens is 402 g/mol. The number of carbonyl (C=O) groups excluding carboxylic acids is 1. The summed E-state index contributed by atoms with van der Waals surface area (Å²) in [6.07, 6.45) is 3.77. The zero-order chi connectivity index (χ0) is 20.5. The quantitative estimate of drug-likeness (QED) is 0.644. The van der Waals surface area contributed by atoms with Crippen LogP contribution in [0.25, 0.3) is 5.65 Å². The van der Waals surface area contributed by atoms with Gasteiger partial charge in [-0.25, -0.2) is 9.50 Å². The average molecular weight is 426 g/mol. The van der Waals surface area contributed by atoms with Gasteiger partial charge in [-0.1, -0.05) is 17.7 Å². The maximum atomic E-state index is 12.7. The molecular formula is C22H24ClN5O2. The first-order valence-corrected chi connectivity index (χ1v) is 10.8. The number of amides is 1. The van der Waals surface area contributed by atoms with Crippen molar-refractivity contribution >= 4 is 28.8 Å². The summed E-state index contributed by atoms with van der Waals surface area (Å²) >= 11 is 6.03. The molecule has 7 nitrogen and oxygen atoms in total. The van der Waals surface area contributed by atoms with Crippen molar-refractivity contribution in [2.45, 2.75) is 18.8 Å². The van der Waals surface area contributed by atoms with E-state index in [1.807, 2.05) is 27.6 Å². The molecule has 30 heavy (non-hydrogen) atoms. The molecule has 2 aromatic heterocycles. The Morgan fingerprint density at radius 1 is 1.07 bits per heavy atom. The van der Waals surface area contributed by atoms with Crippen molar-refractivity contribution in [3.8, 4) is 0 Å². The van der Waals surface area contributed by atoms with E-state index < -0.39 is 0 Å². The van der Waals surface area contributed by atoms with E-state index in [1.54, 1.807) is 12.1 Å². The predicted octanol–water partition coefficient (Wildman–Crippen LogP) is 3.24. The summed E-state index contributed by atoms with van der Waals surface area (Å²) in [5.74, 6) is 1.16. The molecule has 5 rings (SSSR count). The van der Waals surface area contributed by atoms with Gasteiger partial charge in [0.2, 0.25) is 0 Å². The molecule has 0 radical (unpaired) electrons. The summed E-state index contributed by atoms with van der Waals surface area (Å²) in [6, 6.07) is 11.3. The number of carbonyl (C=O) groups is 1. The van der Waals surface area contributed by atoms with Gasteiger partial charge < -0.3 is 14.5 Å². The Labute approximate surface area is 180 Å². The number of hydrogen-bond donors (Lipinski definition) is 0. The van der Waals surface area contributed by atoms with Gasteiger partial charge in [-0.3, -0.25) is 4.79 Å². The van der Waals surface area contributed by atoms with Crippen LogP contribution in [0.1, 0.15) is 34.9 Å². The normalized spacial score (nSPS) is 18.2. The van der Waals surface area contributed by atoms with Gasteiger partial charge in [-0.2, -0.15) is 5.10 Å². The molecule has 0 saturated carbocycles. The third kappa shape index (κ3) is 3.87. The Kier molecular flexibility index (Phi) is 5.31. The van der Waals surface area contributed by atoms with Gasteiger partial charge in [0.1, 0.15) is 0 Å². The largest absolute Gasteiger partial charge is 0.378 e. The van der Waals surface area contributed by atoms with Crippen LogP contribution >= 0.6 is 11.6 Å². The molecule has 2 fully saturated rings. The molecule has 0 N–H and O–H groups in total. The fourth-order valence-electron chi connectivity index (χ4n) is 4.22. The zero-order valence-corrected chi connectivity index (χ0v) is 17.5. The lowest BCUT2D eigenvalue weighted by molar-refractivity contribution is 0.0711. The van der Waals surface area contributed by atoms with E-state index >= 15 is 0 Å². The lowest BCUT2D eigenvalue weighted by atomic mass is 9.95. The molecule has 2 aliphatic heterocycles. The SMILES string of the molecule is O=C(c1cccc(Cl)c1)N1CCC(c2nc3ccc(N4CCOCC4)cn3n2)CC1. The van der Waals surface area contributed by atoms with Crippen molar-refractivity contribution in [1.29, 1.82) is 0 Å². The third-order valence-corrected chi connectivity index (χ3v) is 6.16. The highest BCUT2D eigenvalue weighted by atomic mass is 35.5. The Bertz CT molecular complexity index is 1050. The summed E-state index contributed by atoms with van der Waals surface area (Å²) in [5, 5.41) is 5.34. The van der Waals surface area contributed by atoms with Gasteiger partial charge in [0.15, 0.2) is 11.5 Å². The van der Waals surface area contributed by atoms with Crippen LogP contribution in [0.15, 0.2) is 42.6 Å². The second-order valence-electron chi connectivity index (χ2n) is 7.84.